The molecule has 1 saturated heterocycles. The number of hydrogen-bond donors (Lipinski definition) is 1. The highest BCUT2D eigenvalue weighted by Crippen LogP contribution is 2.34. The van der Waals surface area contributed by atoms with E-state index < -0.39 is 17.9 Å². The summed E-state index contributed by atoms with van der Waals surface area (Å²) in [5.74, 6) is 0. The Hall–Kier alpha value is -0.810. The van der Waals surface area contributed by atoms with Crippen LogP contribution in [0.15, 0.2) is 23.8 Å². The van der Waals surface area contributed by atoms with Gasteiger partial charge >= 0.3 is 6.18 Å². The van der Waals surface area contributed by atoms with Crippen molar-refractivity contribution >= 4 is 0 Å². The second-order valence-electron chi connectivity index (χ2n) is 4.36. The number of allylic oxidation sites excluding steroid dienone is 2. The van der Waals surface area contributed by atoms with Crippen molar-refractivity contribution < 1.29 is 17.9 Å². The van der Waals surface area contributed by atoms with Crippen molar-refractivity contribution in [3.05, 3.63) is 23.8 Å². The molecule has 2 nitrogen and oxygen atoms in total. The quantitative estimate of drug-likeness (QED) is 0.809. The number of halogens is 3. The van der Waals surface area contributed by atoms with Crippen molar-refractivity contribution in [3.63, 3.8) is 0 Å². The van der Waals surface area contributed by atoms with Gasteiger partial charge in [0.25, 0.3) is 0 Å². The molecule has 5 heteroatoms. The SMILES string of the molecule is FC(F)(F)C1=CC=CCC1OC1CCNCC1. The van der Waals surface area contributed by atoms with Crippen LogP contribution in [-0.4, -0.2) is 31.5 Å². The van der Waals surface area contributed by atoms with Gasteiger partial charge in [0.15, 0.2) is 0 Å². The molecule has 1 aliphatic carbocycles. The first-order chi connectivity index (χ1) is 8.07. The van der Waals surface area contributed by atoms with Crippen LogP contribution < -0.4 is 5.32 Å². The third-order valence-corrected chi connectivity index (χ3v) is 3.08. The summed E-state index contributed by atoms with van der Waals surface area (Å²) in [5, 5.41) is 3.16. The summed E-state index contributed by atoms with van der Waals surface area (Å²) in [4.78, 5) is 0. The molecule has 0 aromatic rings. The molecule has 2 rings (SSSR count). The van der Waals surface area contributed by atoms with Gasteiger partial charge in [-0.25, -0.2) is 0 Å². The van der Waals surface area contributed by atoms with Gasteiger partial charge in [-0.1, -0.05) is 18.2 Å². The van der Waals surface area contributed by atoms with E-state index >= 15 is 0 Å². The zero-order valence-corrected chi connectivity index (χ0v) is 9.46. The molecule has 0 amide bonds. The Morgan fingerprint density at radius 2 is 1.94 bits per heavy atom. The Morgan fingerprint density at radius 3 is 2.59 bits per heavy atom. The van der Waals surface area contributed by atoms with E-state index in [2.05, 4.69) is 5.32 Å². The molecule has 0 bridgehead atoms. The fourth-order valence-electron chi connectivity index (χ4n) is 2.18. The molecule has 17 heavy (non-hydrogen) atoms. The van der Waals surface area contributed by atoms with E-state index in [1.165, 1.54) is 6.08 Å². The number of ether oxygens (including phenoxy) is 1. The first-order valence-electron chi connectivity index (χ1n) is 5.87. The molecular weight excluding hydrogens is 231 g/mol. The van der Waals surface area contributed by atoms with Crippen molar-refractivity contribution in [1.82, 2.24) is 5.32 Å². The van der Waals surface area contributed by atoms with E-state index in [9.17, 15) is 13.2 Å². The van der Waals surface area contributed by atoms with Crippen LogP contribution in [0.5, 0.6) is 0 Å². The van der Waals surface area contributed by atoms with Gasteiger partial charge in [-0.05, 0) is 32.4 Å². The lowest BCUT2D eigenvalue weighted by Crippen LogP contribution is -2.37. The average molecular weight is 247 g/mol. The average Bonchev–Trinajstić information content (AvgIpc) is 2.30. The van der Waals surface area contributed by atoms with E-state index in [1.54, 1.807) is 6.08 Å². The molecule has 2 aliphatic rings. The zero-order valence-electron chi connectivity index (χ0n) is 9.46. The standard InChI is InChI=1S/C12H16F3NO/c13-12(14,15)10-3-1-2-4-11(10)17-9-5-7-16-8-6-9/h1-3,9,11,16H,4-8H2. The van der Waals surface area contributed by atoms with Crippen LogP contribution in [0.3, 0.4) is 0 Å². The maximum absolute atomic E-state index is 12.8. The fourth-order valence-corrected chi connectivity index (χ4v) is 2.18. The minimum absolute atomic E-state index is 0.0569. The molecule has 0 aromatic heterocycles. The van der Waals surface area contributed by atoms with Gasteiger partial charge in [-0.3, -0.25) is 0 Å². The van der Waals surface area contributed by atoms with Crippen LogP contribution in [0.25, 0.3) is 0 Å². The third kappa shape index (κ3) is 3.33. The Balaban J connectivity index is 1.99. The summed E-state index contributed by atoms with van der Waals surface area (Å²) in [6.07, 6.45) is 0.997. The monoisotopic (exact) mass is 247 g/mol. The van der Waals surface area contributed by atoms with Gasteiger partial charge in [-0.15, -0.1) is 0 Å². The summed E-state index contributed by atoms with van der Waals surface area (Å²) < 4.78 is 43.8. The van der Waals surface area contributed by atoms with Gasteiger partial charge in [0, 0.05) is 0 Å². The summed E-state index contributed by atoms with van der Waals surface area (Å²) in [7, 11) is 0. The second kappa shape index (κ2) is 5.23. The van der Waals surface area contributed by atoms with Gasteiger partial charge < -0.3 is 10.1 Å². The first kappa shape index (κ1) is 12.6. The highest BCUT2D eigenvalue weighted by atomic mass is 19.4. The maximum Gasteiger partial charge on any atom is 0.415 e. The Morgan fingerprint density at radius 1 is 1.24 bits per heavy atom. The molecule has 1 aliphatic heterocycles. The number of alkyl halides is 3. The molecule has 1 unspecified atom stereocenters. The van der Waals surface area contributed by atoms with E-state index in [0.717, 1.165) is 32.0 Å². The summed E-state index contributed by atoms with van der Waals surface area (Å²) in [5.41, 5.74) is -0.557. The summed E-state index contributed by atoms with van der Waals surface area (Å²) in [6, 6.07) is 0. The van der Waals surface area contributed by atoms with E-state index in [-0.39, 0.29) is 6.10 Å². The van der Waals surface area contributed by atoms with Crippen molar-refractivity contribution in [2.75, 3.05) is 13.1 Å². The predicted octanol–water partition coefficient (Wildman–Crippen LogP) is 2.57. The van der Waals surface area contributed by atoms with E-state index in [0.29, 0.717) is 6.42 Å². The number of hydrogen-bond acceptors (Lipinski definition) is 2. The van der Waals surface area contributed by atoms with Crippen LogP contribution in [0.4, 0.5) is 13.2 Å². The zero-order chi connectivity index (χ0) is 12.3. The largest absolute Gasteiger partial charge is 0.415 e. The predicted molar refractivity (Wildman–Crippen MR) is 58.7 cm³/mol. The number of rotatable bonds is 2. The highest BCUT2D eigenvalue weighted by molar-refractivity contribution is 5.26. The molecule has 96 valence electrons. The van der Waals surface area contributed by atoms with Crippen molar-refractivity contribution in [2.24, 2.45) is 0 Å². The van der Waals surface area contributed by atoms with Crippen molar-refractivity contribution in [3.8, 4) is 0 Å². The molecule has 1 N–H and O–H groups in total. The Bertz CT molecular complexity index is 316. The lowest BCUT2D eigenvalue weighted by molar-refractivity contribution is -0.119. The second-order valence-corrected chi connectivity index (χ2v) is 4.36. The molecule has 0 aromatic carbocycles. The topological polar surface area (TPSA) is 21.3 Å². The van der Waals surface area contributed by atoms with Crippen LogP contribution in [-0.2, 0) is 4.74 Å². The van der Waals surface area contributed by atoms with Gasteiger partial charge in [0.05, 0.1) is 17.8 Å². The van der Waals surface area contributed by atoms with Crippen molar-refractivity contribution in [2.45, 2.75) is 37.6 Å². The summed E-state index contributed by atoms with van der Waals surface area (Å²) >= 11 is 0. The molecule has 1 heterocycles. The smallest absolute Gasteiger partial charge is 0.370 e. The minimum Gasteiger partial charge on any atom is -0.370 e. The molecule has 1 atom stereocenters. The lowest BCUT2D eigenvalue weighted by Gasteiger charge is -2.30. The van der Waals surface area contributed by atoms with Gasteiger partial charge in [-0.2, -0.15) is 13.2 Å². The molecule has 0 saturated carbocycles. The highest BCUT2D eigenvalue weighted by Gasteiger charge is 2.40. The molecule has 0 radical (unpaired) electrons. The minimum atomic E-state index is -4.29. The maximum atomic E-state index is 12.8. The Kier molecular flexibility index (Phi) is 3.89. The lowest BCUT2D eigenvalue weighted by atomic mass is 10.00. The molecule has 1 fully saturated rings. The van der Waals surface area contributed by atoms with E-state index in [1.807, 2.05) is 0 Å². The number of nitrogens with one attached hydrogen (secondary N) is 1. The van der Waals surface area contributed by atoms with Crippen LogP contribution >= 0.6 is 0 Å². The fraction of sp³-hybridized carbons (Fsp3) is 0.667. The van der Waals surface area contributed by atoms with Gasteiger partial charge in [0.1, 0.15) is 0 Å². The van der Waals surface area contributed by atoms with Crippen LogP contribution in [0.2, 0.25) is 0 Å². The van der Waals surface area contributed by atoms with Crippen LogP contribution in [0.1, 0.15) is 19.3 Å². The summed E-state index contributed by atoms with van der Waals surface area (Å²) in [6.45, 7) is 1.64. The van der Waals surface area contributed by atoms with Crippen LogP contribution in [0, 0.1) is 0 Å². The van der Waals surface area contributed by atoms with E-state index in [4.69, 9.17) is 4.74 Å². The molecular formula is C12H16F3NO. The van der Waals surface area contributed by atoms with Gasteiger partial charge in [0.2, 0.25) is 0 Å². The van der Waals surface area contributed by atoms with Crippen molar-refractivity contribution in [1.29, 1.82) is 0 Å². The first-order valence-corrected chi connectivity index (χ1v) is 5.87. The normalized spacial score (nSPS) is 27.0. The Labute approximate surface area is 98.5 Å². The molecule has 0 spiro atoms. The number of piperidine rings is 1. The third-order valence-electron chi connectivity index (χ3n) is 3.08.